The highest BCUT2D eigenvalue weighted by molar-refractivity contribution is 5.66. The minimum atomic E-state index is -1.25. The van der Waals surface area contributed by atoms with Gasteiger partial charge in [-0.2, -0.15) is 0 Å². The monoisotopic (exact) mass is 223 g/mol. The molecule has 16 heavy (non-hydrogen) atoms. The lowest BCUT2D eigenvalue weighted by molar-refractivity contribution is -0.307. The first-order valence-corrected chi connectivity index (χ1v) is 5.17. The molecule has 0 aromatic heterocycles. The van der Waals surface area contributed by atoms with Crippen molar-refractivity contribution in [3.63, 3.8) is 0 Å². The standard InChI is InChI=1S/C12H16O4/c1-3-4-9-5-6-10(11(7-9)15-2)16-8-12(13)14/h5-7H,3-4,8H2,1-2H3,(H,13,14)/p-1. The molecular formula is C12H15O4-. The summed E-state index contributed by atoms with van der Waals surface area (Å²) in [6, 6.07) is 5.47. The van der Waals surface area contributed by atoms with E-state index >= 15 is 0 Å². The lowest BCUT2D eigenvalue weighted by Crippen LogP contribution is -2.29. The van der Waals surface area contributed by atoms with Crippen LogP contribution in [0.4, 0.5) is 0 Å². The van der Waals surface area contributed by atoms with Crippen molar-refractivity contribution in [2.75, 3.05) is 13.7 Å². The van der Waals surface area contributed by atoms with Crippen LogP contribution in [0.1, 0.15) is 18.9 Å². The number of carbonyl (C=O) groups excluding carboxylic acids is 1. The van der Waals surface area contributed by atoms with Crippen molar-refractivity contribution in [2.45, 2.75) is 19.8 Å². The molecule has 0 saturated carbocycles. The molecule has 1 aromatic rings. The Morgan fingerprint density at radius 1 is 1.38 bits per heavy atom. The maximum absolute atomic E-state index is 10.3. The van der Waals surface area contributed by atoms with Crippen molar-refractivity contribution in [2.24, 2.45) is 0 Å². The SMILES string of the molecule is CCCc1ccc(OCC(=O)[O-])c(OC)c1. The zero-order chi connectivity index (χ0) is 12.0. The third-order valence-electron chi connectivity index (χ3n) is 2.11. The maximum atomic E-state index is 10.3. The normalized spacial score (nSPS) is 9.88. The van der Waals surface area contributed by atoms with E-state index in [2.05, 4.69) is 6.92 Å². The summed E-state index contributed by atoms with van der Waals surface area (Å²) >= 11 is 0. The number of rotatable bonds is 6. The second kappa shape index (κ2) is 6.00. The fourth-order valence-electron chi connectivity index (χ4n) is 1.41. The van der Waals surface area contributed by atoms with E-state index < -0.39 is 12.6 Å². The number of benzene rings is 1. The largest absolute Gasteiger partial charge is 0.546 e. The number of aryl methyl sites for hydroxylation is 1. The lowest BCUT2D eigenvalue weighted by atomic mass is 10.1. The summed E-state index contributed by atoms with van der Waals surface area (Å²) in [7, 11) is 1.52. The van der Waals surface area contributed by atoms with Gasteiger partial charge in [0.2, 0.25) is 0 Å². The summed E-state index contributed by atoms with van der Waals surface area (Å²) < 4.78 is 10.2. The van der Waals surface area contributed by atoms with E-state index in [0.717, 1.165) is 18.4 Å². The minimum absolute atomic E-state index is 0.423. The molecule has 0 spiro atoms. The van der Waals surface area contributed by atoms with E-state index in [1.165, 1.54) is 7.11 Å². The number of aliphatic carboxylic acids is 1. The minimum Gasteiger partial charge on any atom is -0.546 e. The van der Waals surface area contributed by atoms with Crippen LogP contribution in [0.3, 0.4) is 0 Å². The van der Waals surface area contributed by atoms with Crippen molar-refractivity contribution in [3.8, 4) is 11.5 Å². The predicted molar refractivity (Wildman–Crippen MR) is 57.5 cm³/mol. The molecule has 0 radical (unpaired) electrons. The molecule has 1 aromatic carbocycles. The molecule has 1 rings (SSSR count). The Bertz CT molecular complexity index is 360. The summed E-state index contributed by atoms with van der Waals surface area (Å²) in [6.45, 7) is 1.62. The predicted octanol–water partition coefficient (Wildman–Crippen LogP) is 0.776. The van der Waals surface area contributed by atoms with Crippen LogP contribution in [0.25, 0.3) is 0 Å². The molecular weight excluding hydrogens is 208 g/mol. The van der Waals surface area contributed by atoms with Crippen LogP contribution >= 0.6 is 0 Å². The van der Waals surface area contributed by atoms with Gasteiger partial charge in [-0.3, -0.25) is 0 Å². The molecule has 88 valence electrons. The van der Waals surface area contributed by atoms with Gasteiger partial charge in [-0.25, -0.2) is 0 Å². The van der Waals surface area contributed by atoms with E-state index in [4.69, 9.17) is 9.47 Å². The summed E-state index contributed by atoms with van der Waals surface area (Å²) in [4.78, 5) is 10.3. The van der Waals surface area contributed by atoms with E-state index in [9.17, 15) is 9.90 Å². The first-order chi connectivity index (χ1) is 7.67. The van der Waals surface area contributed by atoms with Gasteiger partial charge in [-0.05, 0) is 24.1 Å². The lowest BCUT2D eigenvalue weighted by Gasteiger charge is -2.12. The van der Waals surface area contributed by atoms with Crippen LogP contribution < -0.4 is 14.6 Å². The van der Waals surface area contributed by atoms with Crippen LogP contribution in [-0.4, -0.2) is 19.7 Å². The van der Waals surface area contributed by atoms with Crippen LogP contribution in [0.2, 0.25) is 0 Å². The smallest absolute Gasteiger partial charge is 0.161 e. The highest BCUT2D eigenvalue weighted by atomic mass is 16.5. The van der Waals surface area contributed by atoms with Gasteiger partial charge in [0.1, 0.15) is 6.61 Å². The first kappa shape index (κ1) is 12.4. The zero-order valence-electron chi connectivity index (χ0n) is 9.49. The number of carboxylic acids is 1. The molecule has 0 fully saturated rings. The molecule has 0 unspecified atom stereocenters. The Hall–Kier alpha value is -1.71. The molecule has 0 aliphatic rings. The molecule has 4 heteroatoms. The summed E-state index contributed by atoms with van der Waals surface area (Å²) in [6.07, 6.45) is 2.00. The highest BCUT2D eigenvalue weighted by Gasteiger charge is 2.05. The molecule has 0 heterocycles. The number of hydrogen-bond acceptors (Lipinski definition) is 4. The Labute approximate surface area is 94.8 Å². The van der Waals surface area contributed by atoms with Crippen molar-refractivity contribution in [1.82, 2.24) is 0 Å². The fourth-order valence-corrected chi connectivity index (χ4v) is 1.41. The number of hydrogen-bond donors (Lipinski definition) is 0. The number of carbonyl (C=O) groups is 1. The molecule has 0 atom stereocenters. The van der Waals surface area contributed by atoms with E-state index in [-0.39, 0.29) is 0 Å². The van der Waals surface area contributed by atoms with Crippen LogP contribution in [0.15, 0.2) is 18.2 Å². The Balaban J connectivity index is 2.80. The number of ether oxygens (including phenoxy) is 2. The van der Waals surface area contributed by atoms with Gasteiger partial charge in [-0.1, -0.05) is 19.4 Å². The van der Waals surface area contributed by atoms with Gasteiger partial charge in [0.25, 0.3) is 0 Å². The summed E-state index contributed by atoms with van der Waals surface area (Å²) in [5, 5.41) is 10.3. The Kier molecular flexibility index (Phi) is 4.64. The quantitative estimate of drug-likeness (QED) is 0.715. The van der Waals surface area contributed by atoms with E-state index in [0.29, 0.717) is 11.5 Å². The third kappa shape index (κ3) is 3.46. The van der Waals surface area contributed by atoms with E-state index in [1.807, 2.05) is 12.1 Å². The van der Waals surface area contributed by atoms with Crippen LogP contribution in [0, 0.1) is 0 Å². The molecule has 0 aliphatic carbocycles. The van der Waals surface area contributed by atoms with Crippen molar-refractivity contribution >= 4 is 5.97 Å². The molecule has 0 N–H and O–H groups in total. The molecule has 0 aliphatic heterocycles. The van der Waals surface area contributed by atoms with Crippen molar-refractivity contribution in [3.05, 3.63) is 23.8 Å². The highest BCUT2D eigenvalue weighted by Crippen LogP contribution is 2.28. The second-order valence-corrected chi connectivity index (χ2v) is 3.40. The average Bonchev–Trinajstić information content (AvgIpc) is 2.27. The fraction of sp³-hybridized carbons (Fsp3) is 0.417. The van der Waals surface area contributed by atoms with Crippen molar-refractivity contribution in [1.29, 1.82) is 0 Å². The van der Waals surface area contributed by atoms with Crippen LogP contribution in [-0.2, 0) is 11.2 Å². The van der Waals surface area contributed by atoms with E-state index in [1.54, 1.807) is 6.07 Å². The van der Waals surface area contributed by atoms with Gasteiger partial charge in [-0.15, -0.1) is 0 Å². The average molecular weight is 223 g/mol. The topological polar surface area (TPSA) is 58.6 Å². The van der Waals surface area contributed by atoms with Crippen LogP contribution in [0.5, 0.6) is 11.5 Å². The van der Waals surface area contributed by atoms with Crippen molar-refractivity contribution < 1.29 is 19.4 Å². The Morgan fingerprint density at radius 3 is 2.69 bits per heavy atom. The molecule has 0 bridgehead atoms. The molecule has 4 nitrogen and oxygen atoms in total. The van der Waals surface area contributed by atoms with Gasteiger partial charge >= 0.3 is 0 Å². The number of methoxy groups -OCH3 is 1. The number of carboxylic acid groups (broad SMARTS) is 1. The molecule has 0 amide bonds. The first-order valence-electron chi connectivity index (χ1n) is 5.17. The third-order valence-corrected chi connectivity index (χ3v) is 2.11. The van der Waals surface area contributed by atoms with Gasteiger partial charge in [0, 0.05) is 0 Å². The van der Waals surface area contributed by atoms with Gasteiger partial charge in [0.05, 0.1) is 13.1 Å². The second-order valence-electron chi connectivity index (χ2n) is 3.40. The Morgan fingerprint density at radius 2 is 2.12 bits per heavy atom. The zero-order valence-corrected chi connectivity index (χ0v) is 9.49. The summed E-state index contributed by atoms with van der Waals surface area (Å²) in [5.74, 6) is -0.279. The van der Waals surface area contributed by atoms with Gasteiger partial charge in [0.15, 0.2) is 11.5 Å². The molecule has 0 saturated heterocycles. The maximum Gasteiger partial charge on any atom is 0.161 e. The summed E-state index contributed by atoms with van der Waals surface area (Å²) in [5.41, 5.74) is 1.14. The van der Waals surface area contributed by atoms with Gasteiger partial charge < -0.3 is 19.4 Å².